The van der Waals surface area contributed by atoms with Crippen molar-refractivity contribution in [3.63, 3.8) is 0 Å². The number of aliphatic carboxylic acids is 1. The molecule has 324 valence electrons. The van der Waals surface area contributed by atoms with E-state index < -0.39 is 44.8 Å². The largest absolute Gasteiger partial charge is 0.494 e. The number of nitrogen functional groups attached to an aromatic ring is 1. The number of carboxylic acid groups (broad SMARTS) is 1. The average Bonchev–Trinajstić information content (AvgIpc) is 3.88. The molecule has 0 radical (unpaired) electrons. The van der Waals surface area contributed by atoms with Crippen molar-refractivity contribution in [2.24, 2.45) is 0 Å². The Hall–Kier alpha value is -3.73. The molecule has 0 saturated carbocycles. The monoisotopic (exact) mass is 998 g/mol. The molecule has 0 amide bonds. The van der Waals surface area contributed by atoms with E-state index in [1.165, 1.54) is 6.20 Å². The van der Waals surface area contributed by atoms with Gasteiger partial charge >= 0.3 is 7.12 Å². The lowest BCUT2D eigenvalue weighted by Crippen LogP contribution is -2.41. The number of halogens is 4. The van der Waals surface area contributed by atoms with Crippen LogP contribution in [0.3, 0.4) is 0 Å². The van der Waals surface area contributed by atoms with Crippen LogP contribution >= 0.6 is 55.1 Å². The smallest absolute Gasteiger partial charge is 0.481 e. The molecule has 3 aromatic carbocycles. The lowest BCUT2D eigenvalue weighted by atomic mass is 9.79. The highest BCUT2D eigenvalue weighted by molar-refractivity contribution is 9.10. The number of rotatable bonds is 5. The van der Waals surface area contributed by atoms with Crippen molar-refractivity contribution in [3.05, 3.63) is 97.9 Å². The third-order valence-corrected chi connectivity index (χ3v) is 10.4. The number of nitrogens with two attached hydrogens (primary N) is 1. The fourth-order valence-corrected chi connectivity index (χ4v) is 6.66. The van der Waals surface area contributed by atoms with Gasteiger partial charge in [-0.2, -0.15) is 0 Å². The van der Waals surface area contributed by atoms with Gasteiger partial charge < -0.3 is 34.6 Å². The molecule has 4 N–H and O–H groups in total. The van der Waals surface area contributed by atoms with Crippen LogP contribution in [0.25, 0.3) is 23.5 Å². The van der Waals surface area contributed by atoms with Gasteiger partial charge in [-0.3, -0.25) is 4.79 Å². The van der Waals surface area contributed by atoms with Gasteiger partial charge in [-0.05, 0) is 155 Å². The lowest BCUT2D eigenvalue weighted by Gasteiger charge is -2.32. The van der Waals surface area contributed by atoms with Crippen molar-refractivity contribution < 1.29 is 31.5 Å². The molecule has 0 spiro atoms. The molecule has 1 fully saturated rings. The summed E-state index contributed by atoms with van der Waals surface area (Å²) in [4.78, 5) is 25.6. The summed E-state index contributed by atoms with van der Waals surface area (Å²) in [7, 11) is -0.485. The Morgan fingerprint density at radius 1 is 0.833 bits per heavy atom. The summed E-state index contributed by atoms with van der Waals surface area (Å²) in [5.41, 5.74) is 10.6. The lowest BCUT2D eigenvalue weighted by molar-refractivity contribution is -0.134. The van der Waals surface area contributed by atoms with Gasteiger partial charge in [0.25, 0.3) is 7.40 Å². The van der Waals surface area contributed by atoms with Crippen molar-refractivity contribution >= 4 is 107 Å². The van der Waals surface area contributed by atoms with Crippen LogP contribution in [0.1, 0.15) is 112 Å². The number of benzene rings is 3. The number of anilines is 2. The van der Waals surface area contributed by atoms with Gasteiger partial charge in [-0.25, -0.2) is 19.9 Å². The maximum absolute atomic E-state index is 9.86. The van der Waals surface area contributed by atoms with Crippen LogP contribution in [0.2, 0.25) is 10.4 Å². The van der Waals surface area contributed by atoms with E-state index >= 15 is 0 Å². The molecule has 7 rings (SSSR count). The molecule has 0 aliphatic carbocycles. The van der Waals surface area contributed by atoms with Crippen molar-refractivity contribution in [3.8, 4) is 0 Å². The highest BCUT2D eigenvalue weighted by atomic mass is 79.9. The molecule has 0 unspecified atom stereocenters. The minimum absolute atomic E-state index is 0.0195. The predicted octanol–water partition coefficient (Wildman–Crippen LogP) is 11.6. The quantitative estimate of drug-likeness (QED) is 0.0658. The Morgan fingerprint density at radius 3 is 1.82 bits per heavy atom. The third-order valence-electron chi connectivity index (χ3n) is 8.98. The van der Waals surface area contributed by atoms with E-state index in [4.69, 9.17) is 52.0 Å². The summed E-state index contributed by atoms with van der Waals surface area (Å²) in [5.74, 6) is -1.23. The SMILES string of the molecule is CC(C)Nc1cc(Br)ccc1N.Clc1ccnc(Cl)n1.[2H]C([2H])([2H])c1nc2ccc(B3OC(C)(C)C(C)(C)O3)cc2n1C(C)C.[2H]C([2H])([2H])c1nc2ccc(Br)cc2n1C(C)C.[2H]OC(=O)C([2H])([2H])[2H]. The van der Waals surface area contributed by atoms with Crippen molar-refractivity contribution in [1.82, 2.24) is 29.1 Å². The number of carbonyl (C=O) groups is 1. The Labute approximate surface area is 395 Å². The van der Waals surface area contributed by atoms with Crippen LogP contribution < -0.4 is 16.5 Å². The van der Waals surface area contributed by atoms with Crippen LogP contribution in [-0.4, -0.2) is 64.5 Å². The third kappa shape index (κ3) is 14.2. The molecule has 1 aliphatic heterocycles. The molecule has 6 aromatic rings. The van der Waals surface area contributed by atoms with Crippen molar-refractivity contribution in [2.45, 2.75) is 119 Å². The molecule has 1 saturated heterocycles. The van der Waals surface area contributed by atoms with Gasteiger partial charge in [-0.1, -0.05) is 49.5 Å². The first-order chi connectivity index (χ1) is 32.0. The molecule has 0 bridgehead atoms. The van der Waals surface area contributed by atoms with E-state index in [-0.39, 0.29) is 29.0 Å². The van der Waals surface area contributed by atoms with E-state index in [2.05, 4.69) is 76.1 Å². The van der Waals surface area contributed by atoms with E-state index in [9.17, 15) is 4.79 Å². The normalized spacial score (nSPS) is 16.9. The van der Waals surface area contributed by atoms with Gasteiger partial charge in [-0.15, -0.1) is 0 Å². The number of nitrogens with one attached hydrogen (secondary N) is 1. The number of nitrogens with zero attached hydrogens (tertiary/aromatic N) is 6. The average molecular weight is 1000 g/mol. The highest BCUT2D eigenvalue weighted by Gasteiger charge is 2.51. The van der Waals surface area contributed by atoms with Gasteiger partial charge in [0.1, 0.15) is 16.8 Å². The topological polar surface area (TPSA) is 155 Å². The number of fused-ring (bicyclic) bond motifs is 2. The fraction of sp³-hybridized carbons (Fsp3) is 0.419. The van der Waals surface area contributed by atoms with E-state index in [0.717, 1.165) is 36.8 Å². The molecule has 12 nitrogen and oxygen atoms in total. The Balaban J connectivity index is 0.000000250. The summed E-state index contributed by atoms with van der Waals surface area (Å²) < 4.78 is 88.3. The Morgan fingerprint density at radius 2 is 1.37 bits per heavy atom. The molecule has 4 heterocycles. The minimum Gasteiger partial charge on any atom is -0.481 e. The van der Waals surface area contributed by atoms with Crippen LogP contribution in [0.4, 0.5) is 11.4 Å². The zero-order chi connectivity index (χ0) is 53.5. The number of hydrogen-bond acceptors (Lipinski definition) is 10. The number of hydrogen-bond donors (Lipinski definition) is 3. The number of imidazole rings is 2. The second-order valence-electron chi connectivity index (χ2n) is 15.2. The molecule has 17 heteroatoms. The van der Waals surface area contributed by atoms with Gasteiger partial charge in [0.05, 0.1) is 44.6 Å². The first-order valence-corrected chi connectivity index (χ1v) is 21.0. The summed E-state index contributed by atoms with van der Waals surface area (Å²) in [6, 6.07) is 19.1. The molecule has 0 atom stereocenters. The van der Waals surface area contributed by atoms with E-state index in [1.54, 1.807) is 15.2 Å². The Bertz CT molecular complexity index is 2690. The predicted molar refractivity (Wildman–Crippen MR) is 256 cm³/mol. The van der Waals surface area contributed by atoms with Crippen LogP contribution in [-0.2, 0) is 14.1 Å². The second kappa shape index (κ2) is 21.9. The van der Waals surface area contributed by atoms with E-state index in [0.29, 0.717) is 22.2 Å². The standard InChI is InChI=1S/C17H25BN2O2.C11H13BrN2.C9H13BrN2.C4H2Cl2N2.C2H4O2/c1-11(2)20-12(3)19-14-9-8-13(10-15(14)20)18-21-16(4,5)17(6,7)22-18;1-7(2)14-8(3)13-10-5-4-9(12)6-11(10)14;1-6(2)12-9-5-7(10)3-4-8(9)11;5-3-1-2-7-4(6)8-3;1-2(3)4/h8-11H,1-7H3;4-7H,1-3H3;3-6,12H,11H2,1-2H3;1-2H;1H3,(H,3,4)/i2*3D3;;;1D3/hD. The minimum atomic E-state index is -2.79. The number of aromatic nitrogens is 6. The first kappa shape index (κ1) is 36.9. The fourth-order valence-electron chi connectivity index (χ4n) is 5.63. The summed E-state index contributed by atoms with van der Waals surface area (Å²) in [5, 5.41) is 6.97. The van der Waals surface area contributed by atoms with Crippen molar-refractivity contribution in [1.29, 1.82) is 1.43 Å². The number of aryl methyl sites for hydroxylation is 2. The van der Waals surface area contributed by atoms with Gasteiger partial charge in [0, 0.05) is 52.5 Å². The summed E-state index contributed by atoms with van der Waals surface area (Å²) in [6.07, 6.45) is 1.50. The zero-order valence-corrected chi connectivity index (χ0v) is 39.7. The second-order valence-corrected chi connectivity index (χ2v) is 17.8. The van der Waals surface area contributed by atoms with Crippen molar-refractivity contribution in [2.75, 3.05) is 11.1 Å². The summed E-state index contributed by atoms with van der Waals surface area (Å²) >= 11 is 17.5. The van der Waals surface area contributed by atoms with E-state index in [1.807, 2.05) is 110 Å². The van der Waals surface area contributed by atoms with Crippen LogP contribution in [0.15, 0.2) is 75.8 Å². The zero-order valence-electron chi connectivity index (χ0n) is 45.1. The summed E-state index contributed by atoms with van der Waals surface area (Å²) in [6.45, 7) is 12.8. The first-order valence-electron chi connectivity index (χ1n) is 23.6. The molecular weight excluding hydrogens is 934 g/mol. The molecule has 60 heavy (non-hydrogen) atoms. The maximum Gasteiger partial charge on any atom is 0.494 e. The van der Waals surface area contributed by atoms with Crippen LogP contribution in [0.5, 0.6) is 0 Å². The molecule has 3 aromatic heterocycles. The van der Waals surface area contributed by atoms with Gasteiger partial charge in [0.2, 0.25) is 5.28 Å². The van der Waals surface area contributed by atoms with Gasteiger partial charge in [0.15, 0.2) is 0 Å². The van der Waals surface area contributed by atoms with Crippen LogP contribution in [0, 0.1) is 13.7 Å². The Kier molecular flexibility index (Phi) is 13.4. The maximum atomic E-state index is 9.86. The molecule has 1 aliphatic rings. The number of carboxylic acids is 1. The highest BCUT2D eigenvalue weighted by Crippen LogP contribution is 2.37. The molecular formula is C43H57BBr2Cl2N8O4.